The Morgan fingerprint density at radius 3 is 2.29 bits per heavy atom. The first-order chi connectivity index (χ1) is 19.6. The van der Waals surface area contributed by atoms with Crippen molar-refractivity contribution in [1.82, 2.24) is 19.4 Å². The molecule has 1 N–H and O–H groups in total. The quantitative estimate of drug-likeness (QED) is 0.438. The minimum absolute atomic E-state index is 0.128. The van der Waals surface area contributed by atoms with Gasteiger partial charge in [-0.3, -0.25) is 4.79 Å². The molecule has 2 aromatic carbocycles. The van der Waals surface area contributed by atoms with E-state index in [2.05, 4.69) is 4.57 Å². The fraction of sp³-hybridized carbons (Fsp3) is 0.485. The number of amides is 2. The Kier molecular flexibility index (Phi) is 8.50. The lowest BCUT2D eigenvalue weighted by Gasteiger charge is -2.41. The number of imidazole rings is 1. The minimum Gasteiger partial charge on any atom is -0.444 e. The van der Waals surface area contributed by atoms with Crippen molar-refractivity contribution >= 4 is 12.0 Å². The van der Waals surface area contributed by atoms with Crippen LogP contribution in [0.2, 0.25) is 0 Å². The molecular formula is C33H42N4O4. The second kappa shape index (κ2) is 12.1. The molecule has 1 aromatic heterocycles. The van der Waals surface area contributed by atoms with Crippen molar-refractivity contribution in [2.45, 2.75) is 83.6 Å². The van der Waals surface area contributed by atoms with E-state index in [0.717, 1.165) is 48.3 Å². The zero-order chi connectivity index (χ0) is 29.1. The van der Waals surface area contributed by atoms with Crippen molar-refractivity contribution in [1.29, 1.82) is 0 Å². The van der Waals surface area contributed by atoms with Gasteiger partial charge in [-0.05, 0) is 52.5 Å². The molecule has 3 atom stereocenters. The maximum Gasteiger partial charge on any atom is 0.410 e. The molecule has 1 aliphatic carbocycles. The highest BCUT2D eigenvalue weighted by Gasteiger charge is 2.38. The number of aromatic nitrogens is 2. The van der Waals surface area contributed by atoms with Gasteiger partial charge >= 0.3 is 6.09 Å². The number of nitrogens with zero attached hydrogens (tertiary/aromatic N) is 4. The molecule has 1 unspecified atom stereocenters. The van der Waals surface area contributed by atoms with Crippen LogP contribution in [0.3, 0.4) is 0 Å². The third-order valence-corrected chi connectivity index (χ3v) is 8.07. The summed E-state index contributed by atoms with van der Waals surface area (Å²) < 4.78 is 7.77. The van der Waals surface area contributed by atoms with Gasteiger partial charge in [0.05, 0.1) is 23.9 Å². The number of aliphatic hydroxyl groups excluding tert-OH is 1. The highest BCUT2D eigenvalue weighted by molar-refractivity contribution is 5.99. The summed E-state index contributed by atoms with van der Waals surface area (Å²) in [5.74, 6) is 0.575. The molecule has 2 fully saturated rings. The van der Waals surface area contributed by atoms with E-state index in [0.29, 0.717) is 31.7 Å². The molecule has 1 aliphatic heterocycles. The van der Waals surface area contributed by atoms with Gasteiger partial charge in [-0.25, -0.2) is 9.78 Å². The third kappa shape index (κ3) is 6.48. The summed E-state index contributed by atoms with van der Waals surface area (Å²) in [6.07, 6.45) is 3.38. The van der Waals surface area contributed by atoms with Crippen LogP contribution >= 0.6 is 0 Å². The van der Waals surface area contributed by atoms with Gasteiger partial charge in [0.15, 0.2) is 5.69 Å². The lowest BCUT2D eigenvalue weighted by atomic mass is 9.91. The van der Waals surface area contributed by atoms with E-state index < -0.39 is 11.7 Å². The molecule has 1 saturated carbocycles. The van der Waals surface area contributed by atoms with Gasteiger partial charge in [0, 0.05) is 25.2 Å². The molecule has 218 valence electrons. The first-order valence-electron chi connectivity index (χ1n) is 14.8. The van der Waals surface area contributed by atoms with Gasteiger partial charge in [-0.2, -0.15) is 0 Å². The average Bonchev–Trinajstić information content (AvgIpc) is 3.29. The summed E-state index contributed by atoms with van der Waals surface area (Å²) in [6.45, 7) is 8.64. The van der Waals surface area contributed by atoms with E-state index in [1.54, 1.807) is 4.90 Å². The minimum atomic E-state index is -0.600. The number of rotatable bonds is 5. The predicted molar refractivity (Wildman–Crippen MR) is 159 cm³/mol. The normalized spacial score (nSPS) is 21.5. The van der Waals surface area contributed by atoms with Crippen LogP contribution in [0.4, 0.5) is 4.79 Å². The van der Waals surface area contributed by atoms with E-state index in [1.165, 1.54) is 0 Å². The first-order valence-corrected chi connectivity index (χ1v) is 14.8. The van der Waals surface area contributed by atoms with Crippen LogP contribution in [-0.4, -0.2) is 73.8 Å². The van der Waals surface area contributed by atoms with Crippen molar-refractivity contribution in [3.8, 4) is 11.3 Å². The molecule has 1 saturated heterocycles. The van der Waals surface area contributed by atoms with Gasteiger partial charge in [0.2, 0.25) is 0 Å². The molecule has 2 aliphatic rings. The fourth-order valence-corrected chi connectivity index (χ4v) is 6.18. The number of ether oxygens (including phenoxy) is 1. The van der Waals surface area contributed by atoms with Crippen LogP contribution in [0, 0.1) is 6.92 Å². The predicted octanol–water partition coefficient (Wildman–Crippen LogP) is 5.64. The summed E-state index contributed by atoms with van der Waals surface area (Å²) in [5, 5.41) is 11.0. The van der Waals surface area contributed by atoms with Gasteiger partial charge in [-0.1, -0.05) is 73.5 Å². The fourth-order valence-electron chi connectivity index (χ4n) is 6.18. The summed E-state index contributed by atoms with van der Waals surface area (Å²) in [6, 6.07) is 19.6. The Labute approximate surface area is 242 Å². The number of hydrogen-bond acceptors (Lipinski definition) is 5. The maximum atomic E-state index is 14.5. The molecule has 0 spiro atoms. The van der Waals surface area contributed by atoms with E-state index in [9.17, 15) is 14.7 Å². The summed E-state index contributed by atoms with van der Waals surface area (Å²) in [7, 11) is 0. The summed E-state index contributed by atoms with van der Waals surface area (Å²) >= 11 is 0. The average molecular weight is 559 g/mol. The lowest BCUT2D eigenvalue weighted by Crippen LogP contribution is -2.58. The zero-order valence-electron chi connectivity index (χ0n) is 24.6. The number of carbonyl (C=O) groups is 2. The number of carbonyl (C=O) groups excluding carboxylic acids is 2. The second-order valence-electron chi connectivity index (χ2n) is 12.3. The van der Waals surface area contributed by atoms with Crippen LogP contribution < -0.4 is 0 Å². The van der Waals surface area contributed by atoms with Crippen LogP contribution in [0.25, 0.3) is 11.3 Å². The highest BCUT2D eigenvalue weighted by Crippen LogP contribution is 2.37. The molecule has 8 heteroatoms. The van der Waals surface area contributed by atoms with E-state index >= 15 is 0 Å². The van der Waals surface area contributed by atoms with E-state index in [-0.39, 0.29) is 24.1 Å². The summed E-state index contributed by atoms with van der Waals surface area (Å²) in [5.41, 5.74) is 2.55. The van der Waals surface area contributed by atoms with Crippen LogP contribution in [-0.2, 0) is 11.2 Å². The topological polar surface area (TPSA) is 87.9 Å². The number of benzene rings is 2. The van der Waals surface area contributed by atoms with E-state index in [4.69, 9.17) is 9.72 Å². The Morgan fingerprint density at radius 2 is 1.63 bits per heavy atom. The molecule has 41 heavy (non-hydrogen) atoms. The van der Waals surface area contributed by atoms with Crippen LogP contribution in [0.5, 0.6) is 0 Å². The molecule has 2 heterocycles. The van der Waals surface area contributed by atoms with Crippen molar-refractivity contribution in [3.05, 3.63) is 77.7 Å². The van der Waals surface area contributed by atoms with Crippen molar-refractivity contribution in [2.75, 3.05) is 19.6 Å². The summed E-state index contributed by atoms with van der Waals surface area (Å²) in [4.78, 5) is 36.0. The number of hydrogen-bond donors (Lipinski definition) is 1. The standard InChI is InChI=1S/C33H42N4O4/c1-23-34-29(30(25-15-9-6-10-16-25)37(23)27-17-11-12-18-28(27)38)31(39)36-20-19-35(32(40)41-33(2,3)4)22-26(36)21-24-13-7-5-8-14-24/h5-10,13-16,26-28,38H,11-12,17-22H2,1-4H3/t26-,27?,28+/m1/s1. The Bertz CT molecular complexity index is 1350. The van der Waals surface area contributed by atoms with Gasteiger partial charge in [0.25, 0.3) is 5.91 Å². The van der Waals surface area contributed by atoms with Crippen molar-refractivity contribution in [3.63, 3.8) is 0 Å². The second-order valence-corrected chi connectivity index (χ2v) is 12.3. The van der Waals surface area contributed by atoms with E-state index in [1.807, 2.05) is 93.3 Å². The van der Waals surface area contributed by atoms with Crippen molar-refractivity contribution in [2.24, 2.45) is 0 Å². The zero-order valence-corrected chi connectivity index (χ0v) is 24.6. The molecule has 5 rings (SSSR count). The smallest absolute Gasteiger partial charge is 0.410 e. The molecule has 0 radical (unpaired) electrons. The number of piperazine rings is 1. The first kappa shape index (κ1) is 28.9. The SMILES string of the molecule is Cc1nc(C(=O)N2CCN(C(=O)OC(C)(C)C)C[C@H]2Cc2ccccc2)c(-c2ccccc2)n1C1CCCC[C@@H]1O. The molecular weight excluding hydrogens is 516 g/mol. The lowest BCUT2D eigenvalue weighted by molar-refractivity contribution is 0.00429. The third-order valence-electron chi connectivity index (χ3n) is 8.07. The molecule has 8 nitrogen and oxygen atoms in total. The van der Waals surface area contributed by atoms with Crippen LogP contribution in [0.15, 0.2) is 60.7 Å². The van der Waals surface area contributed by atoms with Crippen LogP contribution in [0.1, 0.15) is 74.4 Å². The van der Waals surface area contributed by atoms with Gasteiger partial charge in [0.1, 0.15) is 11.4 Å². The Hall–Kier alpha value is -3.65. The monoisotopic (exact) mass is 558 g/mol. The number of aryl methyl sites for hydroxylation is 1. The maximum absolute atomic E-state index is 14.5. The molecule has 2 amide bonds. The number of aliphatic hydroxyl groups is 1. The van der Waals surface area contributed by atoms with Gasteiger partial charge < -0.3 is 24.2 Å². The Balaban J connectivity index is 1.52. The van der Waals surface area contributed by atoms with Gasteiger partial charge in [-0.15, -0.1) is 0 Å². The molecule has 0 bridgehead atoms. The highest BCUT2D eigenvalue weighted by atomic mass is 16.6. The molecule has 3 aromatic rings. The van der Waals surface area contributed by atoms with Crippen molar-refractivity contribution < 1.29 is 19.4 Å². The Morgan fingerprint density at radius 1 is 0.976 bits per heavy atom. The largest absolute Gasteiger partial charge is 0.444 e.